The third kappa shape index (κ3) is 3.34. The fourth-order valence-electron chi connectivity index (χ4n) is 2.37. The van der Waals surface area contributed by atoms with Crippen LogP contribution < -0.4 is 5.32 Å². The number of likely N-dealkylation sites (N-methyl/N-ethyl adjacent to an activating group) is 1. The van der Waals surface area contributed by atoms with Crippen LogP contribution in [-0.4, -0.2) is 65.6 Å². The van der Waals surface area contributed by atoms with E-state index in [2.05, 4.69) is 15.5 Å². The van der Waals surface area contributed by atoms with Gasteiger partial charge in [0.2, 0.25) is 11.8 Å². The van der Waals surface area contributed by atoms with Gasteiger partial charge in [0.15, 0.2) is 5.82 Å². The van der Waals surface area contributed by atoms with E-state index >= 15 is 0 Å². The van der Waals surface area contributed by atoms with Crippen molar-refractivity contribution in [2.24, 2.45) is 0 Å². The number of carbonyl (C=O) groups excluding carboxylic acids is 1. The van der Waals surface area contributed by atoms with Gasteiger partial charge < -0.3 is 14.7 Å². The van der Waals surface area contributed by atoms with Gasteiger partial charge in [-0.2, -0.15) is 4.98 Å². The summed E-state index contributed by atoms with van der Waals surface area (Å²) >= 11 is 0. The minimum Gasteiger partial charge on any atom is -0.339 e. The lowest BCUT2D eigenvalue weighted by Crippen LogP contribution is -2.49. The molecule has 2 heterocycles. The van der Waals surface area contributed by atoms with Crippen molar-refractivity contribution in [3.63, 3.8) is 0 Å². The molecule has 0 bridgehead atoms. The Morgan fingerprint density at radius 3 is 2.90 bits per heavy atom. The van der Waals surface area contributed by atoms with Crippen LogP contribution in [0.25, 0.3) is 0 Å². The van der Waals surface area contributed by atoms with E-state index in [1.165, 1.54) is 0 Å². The second-order valence-corrected chi connectivity index (χ2v) is 5.62. The number of piperazine rings is 1. The van der Waals surface area contributed by atoms with E-state index in [9.17, 15) is 4.79 Å². The average Bonchev–Trinajstić information content (AvgIpc) is 3.20. The average molecular weight is 279 g/mol. The zero-order valence-corrected chi connectivity index (χ0v) is 11.8. The first-order valence-corrected chi connectivity index (χ1v) is 7.22. The lowest BCUT2D eigenvalue weighted by atomic mass is 10.3. The molecule has 1 N–H and O–H groups in total. The maximum absolute atomic E-state index is 12.1. The standard InChI is InChI=1S/C13H21N5O2/c1-17(9-12(19)18-6-4-14-5-7-18)8-11-15-13(16-20-11)10-2-3-10/h10,14H,2-9H2,1H3. The Labute approximate surface area is 118 Å². The van der Waals surface area contributed by atoms with Crippen molar-refractivity contribution in [1.29, 1.82) is 0 Å². The number of nitrogens with zero attached hydrogens (tertiary/aromatic N) is 4. The Kier molecular flexibility index (Phi) is 3.98. The lowest BCUT2D eigenvalue weighted by Gasteiger charge is -2.28. The van der Waals surface area contributed by atoms with Crippen LogP contribution in [0, 0.1) is 0 Å². The molecular formula is C13H21N5O2. The number of aromatic nitrogens is 2. The second-order valence-electron chi connectivity index (χ2n) is 5.62. The normalized spacial score (nSPS) is 19.6. The quantitative estimate of drug-likeness (QED) is 0.805. The number of amides is 1. The first-order chi connectivity index (χ1) is 9.72. The minimum atomic E-state index is 0.163. The Bertz CT molecular complexity index is 465. The highest BCUT2D eigenvalue weighted by Gasteiger charge is 2.29. The first kappa shape index (κ1) is 13.5. The molecule has 0 unspecified atom stereocenters. The fraction of sp³-hybridized carbons (Fsp3) is 0.769. The SMILES string of the molecule is CN(CC(=O)N1CCNCC1)Cc1nc(C2CC2)no1. The van der Waals surface area contributed by atoms with E-state index in [1.54, 1.807) is 0 Å². The molecule has 1 aliphatic heterocycles. The van der Waals surface area contributed by atoms with Crippen molar-refractivity contribution in [2.45, 2.75) is 25.3 Å². The Balaban J connectivity index is 1.47. The molecule has 1 saturated heterocycles. The highest BCUT2D eigenvalue weighted by atomic mass is 16.5. The molecule has 2 aliphatic rings. The summed E-state index contributed by atoms with van der Waals surface area (Å²) in [4.78, 5) is 20.3. The predicted molar refractivity (Wildman–Crippen MR) is 72.1 cm³/mol. The van der Waals surface area contributed by atoms with E-state index in [-0.39, 0.29) is 5.91 Å². The van der Waals surface area contributed by atoms with E-state index in [0.29, 0.717) is 24.9 Å². The maximum atomic E-state index is 12.1. The van der Waals surface area contributed by atoms with Crippen LogP contribution in [0.2, 0.25) is 0 Å². The zero-order chi connectivity index (χ0) is 13.9. The van der Waals surface area contributed by atoms with Gasteiger partial charge >= 0.3 is 0 Å². The number of hydrogen-bond donors (Lipinski definition) is 1. The zero-order valence-electron chi connectivity index (χ0n) is 11.8. The van der Waals surface area contributed by atoms with Crippen molar-refractivity contribution < 1.29 is 9.32 Å². The molecule has 0 atom stereocenters. The molecule has 1 amide bonds. The molecule has 0 radical (unpaired) electrons. The molecule has 0 aromatic carbocycles. The summed E-state index contributed by atoms with van der Waals surface area (Å²) in [7, 11) is 1.90. The summed E-state index contributed by atoms with van der Waals surface area (Å²) in [6.45, 7) is 4.25. The van der Waals surface area contributed by atoms with E-state index < -0.39 is 0 Å². The van der Waals surface area contributed by atoms with Crippen LogP contribution >= 0.6 is 0 Å². The van der Waals surface area contributed by atoms with Crippen molar-refractivity contribution in [3.8, 4) is 0 Å². The molecular weight excluding hydrogens is 258 g/mol. The monoisotopic (exact) mass is 279 g/mol. The molecule has 1 aliphatic carbocycles. The number of hydrogen-bond acceptors (Lipinski definition) is 6. The summed E-state index contributed by atoms with van der Waals surface area (Å²) in [5, 5.41) is 7.23. The van der Waals surface area contributed by atoms with E-state index in [4.69, 9.17) is 4.52 Å². The summed E-state index contributed by atoms with van der Waals surface area (Å²) in [5.74, 6) is 2.08. The topological polar surface area (TPSA) is 74.5 Å². The Morgan fingerprint density at radius 2 is 2.20 bits per heavy atom. The Hall–Kier alpha value is -1.47. The van der Waals surface area contributed by atoms with Crippen LogP contribution in [0.1, 0.15) is 30.5 Å². The van der Waals surface area contributed by atoms with Crippen molar-refractivity contribution in [2.75, 3.05) is 39.8 Å². The van der Waals surface area contributed by atoms with Crippen LogP contribution in [0.5, 0.6) is 0 Å². The van der Waals surface area contributed by atoms with Crippen LogP contribution in [0.4, 0.5) is 0 Å². The van der Waals surface area contributed by atoms with Gasteiger partial charge in [-0.15, -0.1) is 0 Å². The predicted octanol–water partition coefficient (Wildman–Crippen LogP) is -0.189. The molecule has 0 spiro atoms. The molecule has 2 fully saturated rings. The van der Waals surface area contributed by atoms with Crippen molar-refractivity contribution in [1.82, 2.24) is 25.3 Å². The molecule has 110 valence electrons. The third-order valence-corrected chi connectivity index (χ3v) is 3.71. The summed E-state index contributed by atoms with van der Waals surface area (Å²) in [5.41, 5.74) is 0. The van der Waals surface area contributed by atoms with Gasteiger partial charge in [0.05, 0.1) is 13.1 Å². The second kappa shape index (κ2) is 5.88. The highest BCUT2D eigenvalue weighted by Crippen LogP contribution is 2.38. The van der Waals surface area contributed by atoms with Crippen LogP contribution in [0.15, 0.2) is 4.52 Å². The molecule has 7 heteroatoms. The van der Waals surface area contributed by atoms with Gasteiger partial charge in [0.25, 0.3) is 0 Å². The summed E-state index contributed by atoms with van der Waals surface area (Å²) in [6, 6.07) is 0. The van der Waals surface area contributed by atoms with E-state index in [0.717, 1.165) is 44.8 Å². The van der Waals surface area contributed by atoms with Crippen molar-refractivity contribution >= 4 is 5.91 Å². The van der Waals surface area contributed by atoms with Gasteiger partial charge in [-0.3, -0.25) is 9.69 Å². The van der Waals surface area contributed by atoms with Gasteiger partial charge in [0, 0.05) is 32.1 Å². The Morgan fingerprint density at radius 1 is 1.45 bits per heavy atom. The highest BCUT2D eigenvalue weighted by molar-refractivity contribution is 5.78. The van der Waals surface area contributed by atoms with E-state index in [1.807, 2.05) is 16.8 Å². The molecule has 7 nitrogen and oxygen atoms in total. The largest absolute Gasteiger partial charge is 0.339 e. The van der Waals surface area contributed by atoms with Crippen molar-refractivity contribution in [3.05, 3.63) is 11.7 Å². The summed E-state index contributed by atoms with van der Waals surface area (Å²) in [6.07, 6.45) is 2.33. The lowest BCUT2D eigenvalue weighted by molar-refractivity contribution is -0.132. The number of nitrogens with one attached hydrogen (secondary N) is 1. The molecule has 1 aromatic rings. The number of carbonyl (C=O) groups is 1. The van der Waals surface area contributed by atoms with Crippen LogP contribution in [0.3, 0.4) is 0 Å². The minimum absolute atomic E-state index is 0.163. The van der Waals surface area contributed by atoms with Crippen LogP contribution in [-0.2, 0) is 11.3 Å². The molecule has 3 rings (SSSR count). The van der Waals surface area contributed by atoms with Gasteiger partial charge in [-0.05, 0) is 19.9 Å². The molecule has 1 aromatic heterocycles. The smallest absolute Gasteiger partial charge is 0.240 e. The van der Waals surface area contributed by atoms with Gasteiger partial charge in [0.1, 0.15) is 0 Å². The fourth-order valence-corrected chi connectivity index (χ4v) is 2.37. The number of rotatable bonds is 5. The summed E-state index contributed by atoms with van der Waals surface area (Å²) < 4.78 is 5.23. The molecule has 20 heavy (non-hydrogen) atoms. The first-order valence-electron chi connectivity index (χ1n) is 7.22. The molecule has 1 saturated carbocycles. The van der Waals surface area contributed by atoms with Gasteiger partial charge in [-0.25, -0.2) is 0 Å². The maximum Gasteiger partial charge on any atom is 0.240 e. The third-order valence-electron chi connectivity index (χ3n) is 3.71. The van der Waals surface area contributed by atoms with Gasteiger partial charge in [-0.1, -0.05) is 5.16 Å².